The van der Waals surface area contributed by atoms with Crippen LogP contribution in [-0.2, 0) is 16.1 Å². The standard InChI is InChI=1S/C27H36ClN5O3/c1-27(2,3)36-22(26(34)35)20-18(16-10-12-17(28)13-11-16)19-21(29-4)25(31-6)33(14-15-8-7-9-15)24(19)32-23(20)30-5/h10-13,15,22,29,31H,7-9,14H2,1-6H3,(H,30,32)(H,34,35)/t22-/m0/s1. The van der Waals surface area contributed by atoms with E-state index >= 15 is 0 Å². The average Bonchev–Trinajstić information content (AvgIpc) is 3.10. The summed E-state index contributed by atoms with van der Waals surface area (Å²) in [6.45, 7) is 6.39. The van der Waals surface area contributed by atoms with Crippen molar-refractivity contribution in [3.63, 3.8) is 0 Å². The molecular weight excluding hydrogens is 478 g/mol. The molecule has 9 heteroatoms. The Balaban J connectivity index is 2.15. The number of hydrogen-bond donors (Lipinski definition) is 4. The predicted molar refractivity (Wildman–Crippen MR) is 147 cm³/mol. The number of aromatic nitrogens is 2. The van der Waals surface area contributed by atoms with Gasteiger partial charge in [0, 0.05) is 43.8 Å². The minimum absolute atomic E-state index is 0.474. The van der Waals surface area contributed by atoms with Crippen molar-refractivity contribution in [3.8, 4) is 11.1 Å². The molecule has 0 bridgehead atoms. The van der Waals surface area contributed by atoms with Gasteiger partial charge in [-0.15, -0.1) is 0 Å². The van der Waals surface area contributed by atoms with Gasteiger partial charge >= 0.3 is 5.97 Å². The molecule has 1 saturated carbocycles. The number of pyridine rings is 1. The first-order chi connectivity index (χ1) is 17.1. The Bertz CT molecular complexity index is 1260. The highest BCUT2D eigenvalue weighted by Gasteiger charge is 2.35. The maximum absolute atomic E-state index is 12.7. The third-order valence-corrected chi connectivity index (χ3v) is 6.96. The molecule has 2 heterocycles. The minimum Gasteiger partial charge on any atom is -0.479 e. The monoisotopic (exact) mass is 513 g/mol. The van der Waals surface area contributed by atoms with Crippen LogP contribution >= 0.6 is 11.6 Å². The summed E-state index contributed by atoms with van der Waals surface area (Å²) < 4.78 is 8.36. The summed E-state index contributed by atoms with van der Waals surface area (Å²) in [4.78, 5) is 17.7. The number of hydrogen-bond acceptors (Lipinski definition) is 6. The largest absolute Gasteiger partial charge is 0.479 e. The molecule has 1 aliphatic rings. The van der Waals surface area contributed by atoms with Crippen LogP contribution < -0.4 is 16.0 Å². The fourth-order valence-electron chi connectivity index (χ4n) is 4.94. The highest BCUT2D eigenvalue weighted by Crippen LogP contribution is 2.48. The lowest BCUT2D eigenvalue weighted by Gasteiger charge is -2.29. The second-order valence-corrected chi connectivity index (χ2v) is 10.7. The van der Waals surface area contributed by atoms with E-state index in [2.05, 4.69) is 20.5 Å². The third kappa shape index (κ3) is 4.84. The Morgan fingerprint density at radius 1 is 1.17 bits per heavy atom. The fourth-order valence-corrected chi connectivity index (χ4v) is 5.07. The predicted octanol–water partition coefficient (Wildman–Crippen LogP) is 6.22. The van der Waals surface area contributed by atoms with Crippen LogP contribution in [0.5, 0.6) is 0 Å². The summed E-state index contributed by atoms with van der Waals surface area (Å²) in [5.41, 5.74) is 3.03. The van der Waals surface area contributed by atoms with Gasteiger partial charge in [0.2, 0.25) is 0 Å². The average molecular weight is 514 g/mol. The number of halogens is 1. The smallest absolute Gasteiger partial charge is 0.337 e. The van der Waals surface area contributed by atoms with Gasteiger partial charge in [-0.2, -0.15) is 0 Å². The molecule has 1 atom stereocenters. The van der Waals surface area contributed by atoms with Crippen LogP contribution in [0, 0.1) is 5.92 Å². The first-order valence-electron chi connectivity index (χ1n) is 12.4. The Morgan fingerprint density at radius 3 is 2.31 bits per heavy atom. The van der Waals surface area contributed by atoms with Crippen LogP contribution in [0.1, 0.15) is 51.7 Å². The Morgan fingerprint density at radius 2 is 1.83 bits per heavy atom. The van der Waals surface area contributed by atoms with E-state index in [9.17, 15) is 9.90 Å². The van der Waals surface area contributed by atoms with Crippen LogP contribution in [0.2, 0.25) is 5.02 Å². The summed E-state index contributed by atoms with van der Waals surface area (Å²) in [6.07, 6.45) is 2.39. The van der Waals surface area contributed by atoms with Crippen LogP contribution in [0.3, 0.4) is 0 Å². The summed E-state index contributed by atoms with van der Waals surface area (Å²) >= 11 is 6.24. The molecule has 0 radical (unpaired) electrons. The van der Waals surface area contributed by atoms with Gasteiger partial charge in [-0.25, -0.2) is 9.78 Å². The molecule has 0 unspecified atom stereocenters. The van der Waals surface area contributed by atoms with Crippen molar-refractivity contribution in [1.82, 2.24) is 9.55 Å². The SMILES string of the molecule is CNc1nc2c(c(NC)c(NC)n2CC2CCC2)c(-c2ccc(Cl)cc2)c1[C@H](OC(C)(C)C)C(=O)O. The van der Waals surface area contributed by atoms with Crippen molar-refractivity contribution < 1.29 is 14.6 Å². The number of aliphatic carboxylic acids is 1. The molecule has 4 N–H and O–H groups in total. The number of ether oxygens (including phenoxy) is 1. The molecule has 8 nitrogen and oxygen atoms in total. The van der Waals surface area contributed by atoms with Crippen molar-refractivity contribution in [2.24, 2.45) is 5.92 Å². The van der Waals surface area contributed by atoms with Crippen molar-refractivity contribution in [2.75, 3.05) is 37.1 Å². The van der Waals surface area contributed by atoms with Crippen molar-refractivity contribution in [1.29, 1.82) is 0 Å². The summed E-state index contributed by atoms with van der Waals surface area (Å²) in [5.74, 6) is 0.908. The van der Waals surface area contributed by atoms with Gasteiger partial charge in [0.15, 0.2) is 6.10 Å². The Labute approximate surface area is 217 Å². The van der Waals surface area contributed by atoms with Gasteiger partial charge in [-0.1, -0.05) is 30.2 Å². The maximum atomic E-state index is 12.7. The van der Waals surface area contributed by atoms with Gasteiger partial charge in [0.25, 0.3) is 0 Å². The molecule has 1 aromatic carbocycles. The van der Waals surface area contributed by atoms with E-state index in [1.807, 2.05) is 59.1 Å². The highest BCUT2D eigenvalue weighted by molar-refractivity contribution is 6.30. The summed E-state index contributed by atoms with van der Waals surface area (Å²) in [7, 11) is 5.54. The van der Waals surface area contributed by atoms with Gasteiger partial charge in [-0.05, 0) is 57.2 Å². The molecule has 1 fully saturated rings. The summed E-state index contributed by atoms with van der Waals surface area (Å²) in [5, 5.41) is 21.7. The van der Waals surface area contributed by atoms with Crippen LogP contribution in [0.15, 0.2) is 24.3 Å². The van der Waals surface area contributed by atoms with Crippen LogP contribution in [0.4, 0.5) is 17.3 Å². The lowest BCUT2D eigenvalue weighted by atomic mass is 9.85. The number of carboxylic acids is 1. The van der Waals surface area contributed by atoms with Gasteiger partial charge < -0.3 is 30.4 Å². The van der Waals surface area contributed by atoms with E-state index in [0.29, 0.717) is 22.3 Å². The number of fused-ring (bicyclic) bond motifs is 1. The zero-order chi connectivity index (χ0) is 26.2. The van der Waals surface area contributed by atoms with Crippen LogP contribution in [0.25, 0.3) is 22.2 Å². The molecule has 1 aliphatic carbocycles. The number of nitrogens with one attached hydrogen (secondary N) is 3. The van der Waals surface area contributed by atoms with E-state index in [0.717, 1.165) is 40.2 Å². The van der Waals surface area contributed by atoms with E-state index in [1.165, 1.54) is 19.3 Å². The second-order valence-electron chi connectivity index (χ2n) is 10.3. The topological polar surface area (TPSA) is 100 Å². The first-order valence-corrected chi connectivity index (χ1v) is 12.8. The van der Waals surface area contributed by atoms with E-state index < -0.39 is 17.7 Å². The number of benzene rings is 1. The Kier molecular flexibility index (Phi) is 7.38. The number of anilines is 3. The zero-order valence-electron chi connectivity index (χ0n) is 21.8. The number of carbonyl (C=O) groups is 1. The molecule has 36 heavy (non-hydrogen) atoms. The molecule has 0 aliphatic heterocycles. The molecule has 4 rings (SSSR count). The van der Waals surface area contributed by atoms with E-state index in [-0.39, 0.29) is 0 Å². The molecule has 0 spiro atoms. The number of rotatable bonds is 9. The van der Waals surface area contributed by atoms with E-state index in [4.69, 9.17) is 21.3 Å². The van der Waals surface area contributed by atoms with Crippen molar-refractivity contribution in [2.45, 2.75) is 58.3 Å². The minimum atomic E-state index is -1.24. The molecule has 0 amide bonds. The van der Waals surface area contributed by atoms with Crippen LogP contribution in [-0.4, -0.2) is 47.4 Å². The lowest BCUT2D eigenvalue weighted by Crippen LogP contribution is -2.28. The molecule has 0 saturated heterocycles. The lowest BCUT2D eigenvalue weighted by molar-refractivity contribution is -0.160. The second kappa shape index (κ2) is 10.2. The van der Waals surface area contributed by atoms with Crippen molar-refractivity contribution in [3.05, 3.63) is 34.9 Å². The Hall–Kier alpha value is -2.97. The molecular formula is C27H36ClN5O3. The van der Waals surface area contributed by atoms with Gasteiger partial charge in [0.1, 0.15) is 17.3 Å². The van der Waals surface area contributed by atoms with Crippen molar-refractivity contribution >= 4 is 45.9 Å². The first kappa shape index (κ1) is 26.1. The quantitative estimate of drug-likeness (QED) is 0.269. The van der Waals surface area contributed by atoms with E-state index in [1.54, 1.807) is 7.05 Å². The normalized spacial score (nSPS) is 15.0. The van der Waals surface area contributed by atoms with Gasteiger partial charge in [0.05, 0.1) is 16.7 Å². The molecule has 3 aromatic rings. The molecule has 2 aromatic heterocycles. The third-order valence-electron chi connectivity index (χ3n) is 6.71. The maximum Gasteiger partial charge on any atom is 0.337 e. The van der Waals surface area contributed by atoms with Gasteiger partial charge in [-0.3, -0.25) is 0 Å². The summed E-state index contributed by atoms with van der Waals surface area (Å²) in [6, 6.07) is 7.46. The fraction of sp³-hybridized carbons (Fsp3) is 0.481. The number of carboxylic acid groups (broad SMARTS) is 1. The highest BCUT2D eigenvalue weighted by atomic mass is 35.5. The number of nitrogens with zero attached hydrogens (tertiary/aromatic N) is 2. The zero-order valence-corrected chi connectivity index (χ0v) is 22.6. The molecule has 194 valence electrons.